The number of anilines is 1. The molecule has 2 aromatic rings. The quantitative estimate of drug-likeness (QED) is 0.842. The maximum absolute atomic E-state index is 9.90. The van der Waals surface area contributed by atoms with Crippen LogP contribution in [-0.4, -0.2) is 17.4 Å². The van der Waals surface area contributed by atoms with Crippen LogP contribution in [0.3, 0.4) is 0 Å². The molecule has 0 aliphatic heterocycles. The smallest absolute Gasteiger partial charge is 0.222 e. The van der Waals surface area contributed by atoms with Crippen molar-refractivity contribution in [1.29, 1.82) is 0 Å². The molecule has 1 heterocycles. The minimum absolute atomic E-state index is 0.0942. The average Bonchev–Trinajstić information content (AvgIpc) is 2.65. The number of hydrogen-bond donors (Lipinski definition) is 2. The molecule has 0 saturated heterocycles. The van der Waals surface area contributed by atoms with Crippen molar-refractivity contribution in [1.82, 2.24) is 5.16 Å². The minimum atomic E-state index is -0.0942. The summed E-state index contributed by atoms with van der Waals surface area (Å²) >= 11 is 5.96. The molecule has 0 bridgehead atoms. The molecule has 0 atom stereocenters. The fourth-order valence-electron chi connectivity index (χ4n) is 1.36. The number of halogens is 1. The predicted molar refractivity (Wildman–Crippen MR) is 59.6 cm³/mol. The van der Waals surface area contributed by atoms with Crippen molar-refractivity contribution in [3.05, 3.63) is 23.2 Å². The lowest BCUT2D eigenvalue weighted by molar-refractivity contribution is 0.374. The Kier molecular flexibility index (Phi) is 2.62. The summed E-state index contributed by atoms with van der Waals surface area (Å²) < 4.78 is 9.69. The standard InChI is InChI=1S/C10H9ClN2O3/c1-15-7-3-2-5(11)9(10(7)14)6-4-8(12)16-13-6/h2-4,14H,12H2,1H3. The minimum Gasteiger partial charge on any atom is -0.504 e. The van der Waals surface area contributed by atoms with Gasteiger partial charge in [0.15, 0.2) is 11.5 Å². The average molecular weight is 241 g/mol. The van der Waals surface area contributed by atoms with Crippen LogP contribution in [0.2, 0.25) is 5.02 Å². The van der Waals surface area contributed by atoms with Crippen LogP contribution in [0.15, 0.2) is 22.7 Å². The zero-order chi connectivity index (χ0) is 11.7. The first-order valence-electron chi connectivity index (χ1n) is 4.41. The predicted octanol–water partition coefficient (Wildman–Crippen LogP) is 2.29. The van der Waals surface area contributed by atoms with E-state index in [0.29, 0.717) is 22.0 Å². The van der Waals surface area contributed by atoms with Crippen molar-refractivity contribution in [2.45, 2.75) is 0 Å². The van der Waals surface area contributed by atoms with Gasteiger partial charge < -0.3 is 20.1 Å². The lowest BCUT2D eigenvalue weighted by atomic mass is 10.1. The summed E-state index contributed by atoms with van der Waals surface area (Å²) in [5, 5.41) is 13.9. The number of ether oxygens (including phenoxy) is 1. The van der Waals surface area contributed by atoms with Crippen LogP contribution in [0, 0.1) is 0 Å². The summed E-state index contributed by atoms with van der Waals surface area (Å²) in [5.74, 6) is 0.359. The van der Waals surface area contributed by atoms with Gasteiger partial charge in [-0.25, -0.2) is 0 Å². The largest absolute Gasteiger partial charge is 0.504 e. The number of hydrogen-bond acceptors (Lipinski definition) is 5. The maximum Gasteiger partial charge on any atom is 0.222 e. The van der Waals surface area contributed by atoms with Crippen LogP contribution in [0.4, 0.5) is 5.88 Å². The molecule has 0 fully saturated rings. The molecule has 0 saturated carbocycles. The molecule has 3 N–H and O–H groups in total. The van der Waals surface area contributed by atoms with E-state index in [0.717, 1.165) is 0 Å². The number of nitrogens with zero attached hydrogens (tertiary/aromatic N) is 1. The Morgan fingerprint density at radius 1 is 1.50 bits per heavy atom. The summed E-state index contributed by atoms with van der Waals surface area (Å²) in [6, 6.07) is 4.63. The number of phenolic OH excluding ortho intramolecular Hbond substituents is 1. The Bertz CT molecular complexity index is 525. The highest BCUT2D eigenvalue weighted by Gasteiger charge is 2.17. The van der Waals surface area contributed by atoms with Gasteiger partial charge in [-0.05, 0) is 12.1 Å². The van der Waals surface area contributed by atoms with Crippen molar-refractivity contribution < 1.29 is 14.4 Å². The number of nitrogens with two attached hydrogens (primary N) is 1. The fourth-order valence-corrected chi connectivity index (χ4v) is 1.61. The zero-order valence-corrected chi connectivity index (χ0v) is 9.15. The fraction of sp³-hybridized carbons (Fsp3) is 0.100. The number of benzene rings is 1. The molecule has 2 rings (SSSR count). The SMILES string of the molecule is COc1ccc(Cl)c(-c2cc(N)on2)c1O. The van der Waals surface area contributed by atoms with Gasteiger partial charge in [-0.2, -0.15) is 0 Å². The van der Waals surface area contributed by atoms with Gasteiger partial charge >= 0.3 is 0 Å². The normalized spacial score (nSPS) is 10.4. The van der Waals surface area contributed by atoms with Crippen LogP contribution in [0.25, 0.3) is 11.3 Å². The van der Waals surface area contributed by atoms with E-state index in [4.69, 9.17) is 26.6 Å². The maximum atomic E-state index is 9.90. The van der Waals surface area contributed by atoms with Crippen molar-refractivity contribution in [2.75, 3.05) is 12.8 Å². The van der Waals surface area contributed by atoms with Crippen molar-refractivity contribution in [3.63, 3.8) is 0 Å². The highest BCUT2D eigenvalue weighted by Crippen LogP contribution is 2.41. The molecule has 1 aromatic heterocycles. The second kappa shape index (κ2) is 3.94. The van der Waals surface area contributed by atoms with Crippen molar-refractivity contribution >= 4 is 17.5 Å². The molecule has 16 heavy (non-hydrogen) atoms. The number of phenols is 1. The summed E-state index contributed by atoms with van der Waals surface area (Å²) in [4.78, 5) is 0. The monoisotopic (exact) mass is 240 g/mol. The van der Waals surface area contributed by atoms with Crippen molar-refractivity contribution in [2.24, 2.45) is 0 Å². The molecule has 0 aliphatic carbocycles. The summed E-state index contributed by atoms with van der Waals surface area (Å²) in [5.41, 5.74) is 6.10. The Hall–Kier alpha value is -1.88. The molecule has 0 amide bonds. The summed E-state index contributed by atoms with van der Waals surface area (Å²) in [7, 11) is 1.45. The number of aromatic hydroxyl groups is 1. The van der Waals surface area contributed by atoms with Crippen LogP contribution in [0.1, 0.15) is 0 Å². The van der Waals surface area contributed by atoms with Gasteiger partial charge in [0.1, 0.15) is 5.69 Å². The topological polar surface area (TPSA) is 81.5 Å². The second-order valence-electron chi connectivity index (χ2n) is 3.09. The van der Waals surface area contributed by atoms with Gasteiger partial charge in [0.05, 0.1) is 17.7 Å². The van der Waals surface area contributed by atoms with E-state index in [1.807, 2.05) is 0 Å². The van der Waals surface area contributed by atoms with E-state index in [2.05, 4.69) is 5.16 Å². The van der Waals surface area contributed by atoms with Gasteiger partial charge in [0.2, 0.25) is 5.88 Å². The first-order valence-corrected chi connectivity index (χ1v) is 4.79. The Morgan fingerprint density at radius 2 is 2.25 bits per heavy atom. The number of aromatic nitrogens is 1. The molecule has 6 heteroatoms. The van der Waals surface area contributed by atoms with Crippen LogP contribution in [0.5, 0.6) is 11.5 Å². The molecule has 1 aromatic carbocycles. The Labute approximate surface area is 96.4 Å². The first-order chi connectivity index (χ1) is 7.63. The highest BCUT2D eigenvalue weighted by molar-refractivity contribution is 6.33. The third-order valence-electron chi connectivity index (χ3n) is 2.09. The molecule has 0 aliphatic rings. The van der Waals surface area contributed by atoms with Crippen LogP contribution >= 0.6 is 11.6 Å². The number of methoxy groups -OCH3 is 1. The third-order valence-corrected chi connectivity index (χ3v) is 2.41. The van der Waals surface area contributed by atoms with E-state index in [1.165, 1.54) is 13.2 Å². The zero-order valence-electron chi connectivity index (χ0n) is 8.40. The lowest BCUT2D eigenvalue weighted by Gasteiger charge is -2.08. The summed E-state index contributed by atoms with van der Waals surface area (Å²) in [6.45, 7) is 0. The van der Waals surface area contributed by atoms with Gasteiger partial charge in [-0.3, -0.25) is 0 Å². The van der Waals surface area contributed by atoms with E-state index >= 15 is 0 Å². The van der Waals surface area contributed by atoms with Gasteiger partial charge in [0, 0.05) is 6.07 Å². The number of nitrogen functional groups attached to an aromatic ring is 1. The lowest BCUT2D eigenvalue weighted by Crippen LogP contribution is -1.87. The Balaban J connectivity index is 2.63. The van der Waals surface area contributed by atoms with Crippen LogP contribution in [-0.2, 0) is 0 Å². The van der Waals surface area contributed by atoms with Crippen LogP contribution < -0.4 is 10.5 Å². The van der Waals surface area contributed by atoms with Gasteiger partial charge in [-0.15, -0.1) is 0 Å². The second-order valence-corrected chi connectivity index (χ2v) is 3.49. The molecule has 0 spiro atoms. The van der Waals surface area contributed by atoms with Gasteiger partial charge in [-0.1, -0.05) is 16.8 Å². The third kappa shape index (κ3) is 1.65. The van der Waals surface area contributed by atoms with Gasteiger partial charge in [0.25, 0.3) is 0 Å². The molecular formula is C10H9ClN2O3. The Morgan fingerprint density at radius 3 is 2.81 bits per heavy atom. The van der Waals surface area contributed by atoms with E-state index in [1.54, 1.807) is 12.1 Å². The first kappa shape index (κ1) is 10.6. The molecule has 84 valence electrons. The van der Waals surface area contributed by atoms with Crippen molar-refractivity contribution in [3.8, 4) is 22.8 Å². The molecular weight excluding hydrogens is 232 g/mol. The van der Waals surface area contributed by atoms with E-state index in [-0.39, 0.29) is 11.6 Å². The van der Waals surface area contributed by atoms with E-state index < -0.39 is 0 Å². The molecule has 0 radical (unpaired) electrons. The molecule has 0 unspecified atom stereocenters. The summed E-state index contributed by atoms with van der Waals surface area (Å²) in [6.07, 6.45) is 0. The van der Waals surface area contributed by atoms with E-state index in [9.17, 15) is 5.11 Å². The highest BCUT2D eigenvalue weighted by atomic mass is 35.5. The molecule has 5 nitrogen and oxygen atoms in total. The number of rotatable bonds is 2.